The lowest BCUT2D eigenvalue weighted by atomic mass is 10.2. The molecule has 9 nitrogen and oxygen atoms in total. The van der Waals surface area contributed by atoms with Crippen molar-refractivity contribution in [1.82, 2.24) is 19.4 Å². The van der Waals surface area contributed by atoms with Crippen LogP contribution in [0.5, 0.6) is 0 Å². The van der Waals surface area contributed by atoms with Gasteiger partial charge in [0.2, 0.25) is 16.4 Å². The maximum absolute atomic E-state index is 12.7. The molecule has 2 aromatic rings. The van der Waals surface area contributed by atoms with E-state index in [-0.39, 0.29) is 11.4 Å². The van der Waals surface area contributed by atoms with Crippen LogP contribution in [0.1, 0.15) is 30.5 Å². The number of nitrogens with one attached hydrogen (secondary N) is 2. The summed E-state index contributed by atoms with van der Waals surface area (Å²) in [6, 6.07) is 6.55. The third-order valence-electron chi connectivity index (χ3n) is 5.65. The molecule has 1 aliphatic heterocycles. The summed E-state index contributed by atoms with van der Waals surface area (Å²) in [7, 11) is -3.61. The van der Waals surface area contributed by atoms with Crippen LogP contribution in [-0.2, 0) is 21.4 Å². The second-order valence-corrected chi connectivity index (χ2v) is 10.00. The Morgan fingerprint density at radius 1 is 1.23 bits per heavy atom. The third-order valence-corrected chi connectivity index (χ3v) is 7.53. The van der Waals surface area contributed by atoms with Crippen LogP contribution in [0.4, 0.5) is 11.5 Å². The first-order valence-electron chi connectivity index (χ1n) is 10.4. The first-order valence-corrected chi connectivity index (χ1v) is 11.8. The smallest absolute Gasteiger partial charge is 0.243 e. The predicted octanol–water partition coefficient (Wildman–Crippen LogP) is 1.82. The summed E-state index contributed by atoms with van der Waals surface area (Å²) in [6.07, 6.45) is 6.27. The highest BCUT2D eigenvalue weighted by atomic mass is 32.2. The molecule has 166 valence electrons. The summed E-state index contributed by atoms with van der Waals surface area (Å²) in [5, 5.41) is 20.1. The van der Waals surface area contributed by atoms with E-state index in [0.717, 1.165) is 23.5 Å². The SMILES string of the molecule is Cc1c(Nc2ccc(S(=O)(=O)N3CCC(O)C3)cc2)nn(CC2CC2)c1/C=C\NC=O. The molecule has 2 fully saturated rings. The summed E-state index contributed by atoms with van der Waals surface area (Å²) in [5.41, 5.74) is 2.57. The van der Waals surface area contributed by atoms with Gasteiger partial charge >= 0.3 is 0 Å². The molecule has 0 spiro atoms. The molecule has 3 N–H and O–H groups in total. The van der Waals surface area contributed by atoms with Gasteiger partial charge in [-0.1, -0.05) is 0 Å². The van der Waals surface area contributed by atoms with Crippen LogP contribution in [0.3, 0.4) is 0 Å². The standard InChI is InChI=1S/C21H27N5O4S/c1-15-20(8-10-22-14-27)26(12-16-2-3-16)24-21(15)23-17-4-6-19(7-5-17)31(29,30)25-11-9-18(28)13-25/h4-8,10,14,16,18,28H,2-3,9,11-13H2,1H3,(H,22,27)(H,23,24)/b10-8-. The van der Waals surface area contributed by atoms with Gasteiger partial charge in [0.1, 0.15) is 0 Å². The van der Waals surface area contributed by atoms with Crippen molar-refractivity contribution in [3.63, 3.8) is 0 Å². The van der Waals surface area contributed by atoms with Crippen LogP contribution < -0.4 is 10.6 Å². The molecule has 1 saturated carbocycles. The number of aliphatic hydroxyl groups is 1. The molecule has 1 aliphatic carbocycles. The number of carbonyl (C=O) groups is 1. The second-order valence-electron chi connectivity index (χ2n) is 8.06. The average Bonchev–Trinajstić information content (AvgIpc) is 3.38. The summed E-state index contributed by atoms with van der Waals surface area (Å²) >= 11 is 0. The molecular formula is C21H27N5O4S. The molecule has 4 rings (SSSR count). The van der Waals surface area contributed by atoms with E-state index >= 15 is 0 Å². The molecule has 0 radical (unpaired) electrons. The summed E-state index contributed by atoms with van der Waals surface area (Å²) in [5.74, 6) is 1.32. The molecule has 1 unspecified atom stereocenters. The van der Waals surface area contributed by atoms with E-state index in [1.54, 1.807) is 30.5 Å². The molecule has 10 heteroatoms. The molecular weight excluding hydrogens is 418 g/mol. The first kappa shape index (κ1) is 21.5. The number of benzene rings is 1. The van der Waals surface area contributed by atoms with Gasteiger partial charge in [0.05, 0.1) is 16.7 Å². The fourth-order valence-electron chi connectivity index (χ4n) is 3.67. The molecule has 1 atom stereocenters. The van der Waals surface area contributed by atoms with Crippen molar-refractivity contribution in [2.75, 3.05) is 18.4 Å². The minimum atomic E-state index is -3.61. The fourth-order valence-corrected chi connectivity index (χ4v) is 5.16. The number of amides is 1. The normalized spacial score (nSPS) is 19.7. The van der Waals surface area contributed by atoms with Gasteiger partial charge in [0, 0.05) is 37.1 Å². The van der Waals surface area contributed by atoms with E-state index in [1.807, 2.05) is 17.7 Å². The monoisotopic (exact) mass is 445 g/mol. The summed E-state index contributed by atoms with van der Waals surface area (Å²) < 4.78 is 28.7. The van der Waals surface area contributed by atoms with Crippen LogP contribution in [-0.4, -0.2) is 53.2 Å². The van der Waals surface area contributed by atoms with Gasteiger partial charge in [-0.25, -0.2) is 8.42 Å². The maximum atomic E-state index is 12.7. The number of hydrogen-bond acceptors (Lipinski definition) is 6. The van der Waals surface area contributed by atoms with Crippen molar-refractivity contribution in [3.05, 3.63) is 41.7 Å². The zero-order chi connectivity index (χ0) is 22.0. The fraction of sp³-hybridized carbons (Fsp3) is 0.429. The van der Waals surface area contributed by atoms with E-state index in [9.17, 15) is 18.3 Å². The zero-order valence-electron chi connectivity index (χ0n) is 17.4. The Hall–Kier alpha value is -2.69. The quantitative estimate of drug-likeness (QED) is 0.507. The molecule has 1 amide bonds. The Morgan fingerprint density at radius 2 is 1.97 bits per heavy atom. The number of sulfonamides is 1. The minimum Gasteiger partial charge on any atom is -0.392 e. The van der Waals surface area contributed by atoms with Crippen molar-refractivity contribution in [1.29, 1.82) is 0 Å². The Bertz CT molecular complexity index is 1070. The molecule has 0 bridgehead atoms. The number of aromatic nitrogens is 2. The lowest BCUT2D eigenvalue weighted by molar-refractivity contribution is -0.108. The van der Waals surface area contributed by atoms with Crippen molar-refractivity contribution in [2.24, 2.45) is 5.92 Å². The highest BCUT2D eigenvalue weighted by Crippen LogP contribution is 2.33. The highest BCUT2D eigenvalue weighted by Gasteiger charge is 2.31. The van der Waals surface area contributed by atoms with Crippen molar-refractivity contribution in [3.8, 4) is 0 Å². The number of rotatable bonds is 9. The average molecular weight is 446 g/mol. The first-order chi connectivity index (χ1) is 14.9. The van der Waals surface area contributed by atoms with Gasteiger partial charge in [-0.3, -0.25) is 9.48 Å². The van der Waals surface area contributed by atoms with E-state index < -0.39 is 16.1 Å². The van der Waals surface area contributed by atoms with Crippen LogP contribution >= 0.6 is 0 Å². The Labute approximate surface area is 181 Å². The number of hydrogen-bond donors (Lipinski definition) is 3. The number of nitrogens with zero attached hydrogens (tertiary/aromatic N) is 3. The number of anilines is 2. The van der Waals surface area contributed by atoms with E-state index in [2.05, 4.69) is 10.6 Å². The molecule has 1 saturated heterocycles. The molecule has 31 heavy (non-hydrogen) atoms. The summed E-state index contributed by atoms with van der Waals surface area (Å²) in [4.78, 5) is 10.7. The maximum Gasteiger partial charge on any atom is 0.243 e. The predicted molar refractivity (Wildman–Crippen MR) is 117 cm³/mol. The van der Waals surface area contributed by atoms with Crippen molar-refractivity contribution in [2.45, 2.75) is 43.7 Å². The number of aliphatic hydroxyl groups excluding tert-OH is 1. The summed E-state index contributed by atoms with van der Waals surface area (Å²) in [6.45, 7) is 3.24. The van der Waals surface area contributed by atoms with Crippen LogP contribution in [0.15, 0.2) is 35.4 Å². The minimum absolute atomic E-state index is 0.134. The molecule has 1 aromatic heterocycles. The zero-order valence-corrected chi connectivity index (χ0v) is 18.2. The second kappa shape index (κ2) is 8.81. The molecule has 2 aliphatic rings. The number of β-amino-alcohol motifs (C(OH)–C–C–N with tert-alkyl or cyclic N) is 1. The largest absolute Gasteiger partial charge is 0.392 e. The van der Waals surface area contributed by atoms with Gasteiger partial charge in [0.25, 0.3) is 0 Å². The van der Waals surface area contributed by atoms with Crippen LogP contribution in [0.2, 0.25) is 0 Å². The van der Waals surface area contributed by atoms with E-state index in [1.165, 1.54) is 17.1 Å². The van der Waals surface area contributed by atoms with Crippen LogP contribution in [0.25, 0.3) is 6.08 Å². The van der Waals surface area contributed by atoms with Gasteiger partial charge in [-0.2, -0.15) is 9.40 Å². The Kier molecular flexibility index (Phi) is 6.12. The lowest BCUT2D eigenvalue weighted by Gasteiger charge is -2.16. The number of carbonyl (C=O) groups excluding carboxylic acids is 1. The van der Waals surface area contributed by atoms with E-state index in [0.29, 0.717) is 31.1 Å². The van der Waals surface area contributed by atoms with Gasteiger partial charge in [-0.15, -0.1) is 0 Å². The highest BCUT2D eigenvalue weighted by molar-refractivity contribution is 7.89. The van der Waals surface area contributed by atoms with Gasteiger partial charge in [-0.05, 0) is 62.4 Å². The van der Waals surface area contributed by atoms with Gasteiger partial charge < -0.3 is 15.7 Å². The van der Waals surface area contributed by atoms with Crippen LogP contribution in [0, 0.1) is 12.8 Å². The third kappa shape index (κ3) is 4.81. The van der Waals surface area contributed by atoms with Gasteiger partial charge in [0.15, 0.2) is 5.82 Å². The Morgan fingerprint density at radius 3 is 2.58 bits per heavy atom. The van der Waals surface area contributed by atoms with Crippen molar-refractivity contribution >= 4 is 34.0 Å². The van der Waals surface area contributed by atoms with Crippen molar-refractivity contribution < 1.29 is 18.3 Å². The Balaban J connectivity index is 1.53. The molecule has 2 heterocycles. The van der Waals surface area contributed by atoms with E-state index in [4.69, 9.17) is 5.10 Å². The molecule has 1 aromatic carbocycles. The lowest BCUT2D eigenvalue weighted by Crippen LogP contribution is -2.29. The topological polar surface area (TPSA) is 117 Å².